The van der Waals surface area contributed by atoms with Gasteiger partial charge in [0.1, 0.15) is 0 Å². The Bertz CT molecular complexity index is 948. The Kier molecular flexibility index (Phi) is 6.53. The summed E-state index contributed by atoms with van der Waals surface area (Å²) in [6, 6.07) is 6.76. The fourth-order valence-electron chi connectivity index (χ4n) is 2.94. The van der Waals surface area contributed by atoms with Crippen LogP contribution in [0.25, 0.3) is 0 Å². The van der Waals surface area contributed by atoms with Crippen LogP contribution in [0, 0.1) is 0 Å². The molecular formula is C17H21ClN6O2S2. The normalized spacial score (nSPS) is 14.6. The van der Waals surface area contributed by atoms with Crippen LogP contribution in [0.2, 0.25) is 5.02 Å². The van der Waals surface area contributed by atoms with E-state index >= 15 is 0 Å². The van der Waals surface area contributed by atoms with E-state index in [-0.39, 0.29) is 11.6 Å². The van der Waals surface area contributed by atoms with Gasteiger partial charge in [0.2, 0.25) is 10.0 Å². The van der Waals surface area contributed by atoms with Crippen LogP contribution in [0.3, 0.4) is 0 Å². The Hall–Kier alpha value is -2.17. The third-order valence-electron chi connectivity index (χ3n) is 4.26. The zero-order valence-electron chi connectivity index (χ0n) is 15.3. The summed E-state index contributed by atoms with van der Waals surface area (Å²) in [6.07, 6.45) is 3.02. The highest BCUT2D eigenvalue weighted by molar-refractivity contribution is 7.91. The van der Waals surface area contributed by atoms with Crippen molar-refractivity contribution in [1.29, 1.82) is 0 Å². The number of thiocarbonyl (C=S) groups is 1. The second-order valence-electron chi connectivity index (χ2n) is 6.25. The van der Waals surface area contributed by atoms with Crippen molar-refractivity contribution >= 4 is 50.6 Å². The molecule has 1 aromatic heterocycles. The highest BCUT2D eigenvalue weighted by Crippen LogP contribution is 2.23. The summed E-state index contributed by atoms with van der Waals surface area (Å²) < 4.78 is 27.8. The zero-order chi connectivity index (χ0) is 20.1. The highest BCUT2D eigenvalue weighted by atomic mass is 35.5. The summed E-state index contributed by atoms with van der Waals surface area (Å²) in [5.74, 6) is 0.523. The van der Waals surface area contributed by atoms with Crippen molar-refractivity contribution in [3.05, 3.63) is 47.2 Å². The molecule has 0 bridgehead atoms. The van der Waals surface area contributed by atoms with Gasteiger partial charge in [-0.3, -0.25) is 4.72 Å². The molecule has 3 rings (SSSR count). The Morgan fingerprint density at radius 2 is 1.93 bits per heavy atom. The van der Waals surface area contributed by atoms with Gasteiger partial charge in [-0.25, -0.2) is 18.4 Å². The van der Waals surface area contributed by atoms with Gasteiger partial charge < -0.3 is 15.1 Å². The number of halogens is 1. The van der Waals surface area contributed by atoms with E-state index in [0.29, 0.717) is 47.7 Å². The Labute approximate surface area is 175 Å². The molecule has 0 spiro atoms. The summed E-state index contributed by atoms with van der Waals surface area (Å²) in [7, 11) is -1.88. The van der Waals surface area contributed by atoms with Crippen LogP contribution in [0.5, 0.6) is 0 Å². The lowest BCUT2D eigenvalue weighted by Gasteiger charge is -2.36. The topological polar surface area (TPSA) is 90.5 Å². The van der Waals surface area contributed by atoms with Crippen LogP contribution in [0.15, 0.2) is 36.7 Å². The van der Waals surface area contributed by atoms with Gasteiger partial charge >= 0.3 is 0 Å². The van der Waals surface area contributed by atoms with E-state index < -0.39 is 10.0 Å². The van der Waals surface area contributed by atoms with Crippen molar-refractivity contribution in [2.45, 2.75) is 5.75 Å². The van der Waals surface area contributed by atoms with Crippen LogP contribution < -0.4 is 14.9 Å². The monoisotopic (exact) mass is 440 g/mol. The number of nitrogens with one attached hydrogen (secondary N) is 2. The van der Waals surface area contributed by atoms with Gasteiger partial charge in [-0.15, -0.1) is 0 Å². The lowest BCUT2D eigenvalue weighted by atomic mass is 10.2. The number of nitrogens with zero attached hydrogens (tertiary/aromatic N) is 4. The van der Waals surface area contributed by atoms with Gasteiger partial charge in [0.25, 0.3) is 0 Å². The molecule has 0 radical (unpaired) electrons. The predicted octanol–water partition coefficient (Wildman–Crippen LogP) is 1.70. The minimum absolute atomic E-state index is 0.201. The van der Waals surface area contributed by atoms with Gasteiger partial charge in [0.05, 0.1) is 5.75 Å². The summed E-state index contributed by atoms with van der Waals surface area (Å²) in [5.41, 5.74) is 0.597. The van der Waals surface area contributed by atoms with E-state index in [4.69, 9.17) is 23.8 Å². The summed E-state index contributed by atoms with van der Waals surface area (Å²) in [6.45, 7) is 2.74. The van der Waals surface area contributed by atoms with Crippen LogP contribution in [0.4, 0.5) is 11.6 Å². The van der Waals surface area contributed by atoms with Crippen molar-refractivity contribution in [3.63, 3.8) is 0 Å². The molecule has 2 heterocycles. The lowest BCUT2D eigenvalue weighted by molar-refractivity contribution is 0.381. The molecule has 1 aromatic carbocycles. The third-order valence-corrected chi connectivity index (χ3v) is 6.17. The Morgan fingerprint density at radius 3 is 2.61 bits per heavy atom. The number of anilines is 2. The molecule has 0 saturated carbocycles. The van der Waals surface area contributed by atoms with Crippen LogP contribution in [0.1, 0.15) is 5.56 Å². The first-order valence-electron chi connectivity index (χ1n) is 8.65. The first-order chi connectivity index (χ1) is 13.4. The average Bonchev–Trinajstić information content (AvgIpc) is 2.67. The Balaban J connectivity index is 1.73. The van der Waals surface area contributed by atoms with E-state index in [2.05, 4.69) is 24.9 Å². The maximum Gasteiger partial charge on any atom is 0.238 e. The minimum Gasteiger partial charge on any atom is -0.366 e. The van der Waals surface area contributed by atoms with Gasteiger partial charge in [-0.05, 0) is 29.9 Å². The van der Waals surface area contributed by atoms with Crippen molar-refractivity contribution in [2.75, 3.05) is 42.8 Å². The molecule has 1 fully saturated rings. The molecular weight excluding hydrogens is 420 g/mol. The first-order valence-corrected chi connectivity index (χ1v) is 11.1. The summed E-state index contributed by atoms with van der Waals surface area (Å²) in [4.78, 5) is 12.6. The molecule has 0 aliphatic carbocycles. The van der Waals surface area contributed by atoms with E-state index in [1.54, 1.807) is 37.5 Å². The molecule has 150 valence electrons. The third kappa shape index (κ3) is 5.21. The number of benzene rings is 1. The van der Waals surface area contributed by atoms with E-state index in [1.807, 2.05) is 4.90 Å². The van der Waals surface area contributed by atoms with E-state index in [1.165, 1.54) is 6.20 Å². The molecule has 2 N–H and O–H groups in total. The van der Waals surface area contributed by atoms with Crippen LogP contribution in [-0.4, -0.2) is 61.6 Å². The van der Waals surface area contributed by atoms with Crippen LogP contribution >= 0.6 is 23.8 Å². The summed E-state index contributed by atoms with van der Waals surface area (Å²) in [5, 5.41) is 4.16. The Morgan fingerprint density at radius 1 is 1.21 bits per heavy atom. The maximum atomic E-state index is 12.6. The number of hydrogen-bond acceptors (Lipinski definition) is 6. The fourth-order valence-corrected chi connectivity index (χ4v) is 4.47. The molecule has 11 heteroatoms. The van der Waals surface area contributed by atoms with Crippen molar-refractivity contribution in [3.8, 4) is 0 Å². The van der Waals surface area contributed by atoms with Crippen molar-refractivity contribution in [2.24, 2.45) is 0 Å². The summed E-state index contributed by atoms with van der Waals surface area (Å²) >= 11 is 11.2. The average molecular weight is 441 g/mol. The smallest absolute Gasteiger partial charge is 0.238 e. The fraction of sp³-hybridized carbons (Fsp3) is 0.353. The molecule has 0 unspecified atom stereocenters. The molecule has 8 nitrogen and oxygen atoms in total. The molecule has 2 aromatic rings. The van der Waals surface area contributed by atoms with Gasteiger partial charge in [-0.1, -0.05) is 23.7 Å². The molecule has 1 aliphatic heterocycles. The van der Waals surface area contributed by atoms with Gasteiger partial charge in [0.15, 0.2) is 16.7 Å². The van der Waals surface area contributed by atoms with E-state index in [0.717, 1.165) is 0 Å². The van der Waals surface area contributed by atoms with Crippen molar-refractivity contribution in [1.82, 2.24) is 20.2 Å². The lowest BCUT2D eigenvalue weighted by Crippen LogP contribution is -2.51. The molecule has 1 aliphatic rings. The van der Waals surface area contributed by atoms with Crippen LogP contribution in [-0.2, 0) is 15.8 Å². The number of piperazine rings is 1. The minimum atomic E-state index is -3.67. The molecule has 0 amide bonds. The zero-order valence-corrected chi connectivity index (χ0v) is 17.7. The number of sulfonamides is 1. The quantitative estimate of drug-likeness (QED) is 0.679. The standard InChI is InChI=1S/C17H21ClN6O2S2/c1-19-17(27)24-9-7-23(8-10-24)16-15(20-5-6-21-16)22-28(25,26)12-13-3-2-4-14(18)11-13/h2-6,11H,7-10,12H2,1H3,(H,19,27)(H,20,22). The number of aromatic nitrogens is 2. The second kappa shape index (κ2) is 8.89. The molecule has 28 heavy (non-hydrogen) atoms. The number of hydrogen-bond donors (Lipinski definition) is 2. The highest BCUT2D eigenvalue weighted by Gasteiger charge is 2.24. The van der Waals surface area contributed by atoms with Gasteiger partial charge in [-0.2, -0.15) is 0 Å². The maximum absolute atomic E-state index is 12.6. The largest absolute Gasteiger partial charge is 0.366 e. The first kappa shape index (κ1) is 20.6. The molecule has 0 atom stereocenters. The predicted molar refractivity (Wildman–Crippen MR) is 115 cm³/mol. The molecule has 1 saturated heterocycles. The SMILES string of the molecule is CNC(=S)N1CCN(c2nccnc2NS(=O)(=O)Cc2cccc(Cl)c2)CC1. The van der Waals surface area contributed by atoms with Crippen molar-refractivity contribution < 1.29 is 8.42 Å². The number of rotatable bonds is 5. The second-order valence-corrected chi connectivity index (χ2v) is 8.79. The van der Waals surface area contributed by atoms with Gasteiger partial charge in [0, 0.05) is 50.6 Å². The van der Waals surface area contributed by atoms with E-state index in [9.17, 15) is 8.42 Å².